The van der Waals surface area contributed by atoms with Gasteiger partial charge in [-0.3, -0.25) is 4.79 Å². The van der Waals surface area contributed by atoms with Gasteiger partial charge >= 0.3 is 0 Å². The van der Waals surface area contributed by atoms with Crippen LogP contribution < -0.4 is 0 Å². The SMILES string of the molecule is C=C1C2C3C=CC(O3)C2C(=O)N1C. The zero-order valence-electron chi connectivity index (χ0n) is 7.43. The van der Waals surface area contributed by atoms with E-state index in [4.69, 9.17) is 4.74 Å². The first-order chi connectivity index (χ1) is 6.20. The van der Waals surface area contributed by atoms with Gasteiger partial charge in [-0.1, -0.05) is 18.7 Å². The first-order valence-electron chi connectivity index (χ1n) is 4.50. The Morgan fingerprint density at radius 1 is 1.38 bits per heavy atom. The molecule has 0 aromatic heterocycles. The minimum Gasteiger partial charge on any atom is -0.365 e. The number of amides is 1. The maximum atomic E-state index is 11.7. The van der Waals surface area contributed by atoms with Gasteiger partial charge in [-0.15, -0.1) is 0 Å². The van der Waals surface area contributed by atoms with Gasteiger partial charge in [0.1, 0.15) is 0 Å². The maximum Gasteiger partial charge on any atom is 0.233 e. The number of hydrogen-bond acceptors (Lipinski definition) is 2. The number of likely N-dealkylation sites (tertiary alicyclic amines) is 1. The fraction of sp³-hybridized carbons (Fsp3) is 0.500. The lowest BCUT2D eigenvalue weighted by molar-refractivity contribution is -0.130. The quantitative estimate of drug-likeness (QED) is 0.505. The summed E-state index contributed by atoms with van der Waals surface area (Å²) in [5.74, 6) is 0.367. The van der Waals surface area contributed by atoms with Crippen LogP contribution in [0.25, 0.3) is 0 Å². The van der Waals surface area contributed by atoms with E-state index in [0.717, 1.165) is 5.70 Å². The Kier molecular flexibility index (Phi) is 1.15. The second kappa shape index (κ2) is 2.04. The number of rotatable bonds is 0. The summed E-state index contributed by atoms with van der Waals surface area (Å²) in [5, 5.41) is 0. The molecule has 3 heteroatoms. The molecule has 3 aliphatic heterocycles. The smallest absolute Gasteiger partial charge is 0.233 e. The van der Waals surface area contributed by atoms with E-state index in [0.29, 0.717) is 0 Å². The molecular formula is C10H11NO2. The van der Waals surface area contributed by atoms with Crippen LogP contribution in [0, 0.1) is 11.8 Å². The van der Waals surface area contributed by atoms with Gasteiger partial charge in [0.15, 0.2) is 0 Å². The summed E-state index contributed by atoms with van der Waals surface area (Å²) in [6.07, 6.45) is 4.14. The fourth-order valence-corrected chi connectivity index (χ4v) is 2.59. The monoisotopic (exact) mass is 177 g/mol. The summed E-state index contributed by atoms with van der Waals surface area (Å²) in [5.41, 5.74) is 0.909. The van der Waals surface area contributed by atoms with Crippen molar-refractivity contribution >= 4 is 5.91 Å². The number of ether oxygens (including phenoxy) is 1. The standard InChI is InChI=1S/C10H11NO2/c1-5-8-6-3-4-7(13-6)9(8)10(12)11(5)2/h3-4,6-9H,1H2,2H3. The fourth-order valence-electron chi connectivity index (χ4n) is 2.59. The highest BCUT2D eigenvalue weighted by Crippen LogP contribution is 2.48. The molecule has 0 aromatic rings. The van der Waals surface area contributed by atoms with Gasteiger partial charge in [0, 0.05) is 18.7 Å². The third-order valence-electron chi connectivity index (χ3n) is 3.33. The normalized spacial score (nSPS) is 46.4. The van der Waals surface area contributed by atoms with Gasteiger partial charge in [0.05, 0.1) is 18.1 Å². The van der Waals surface area contributed by atoms with Crippen molar-refractivity contribution in [3.8, 4) is 0 Å². The zero-order chi connectivity index (χ0) is 9.16. The van der Waals surface area contributed by atoms with Crippen LogP contribution in [0.3, 0.4) is 0 Å². The maximum absolute atomic E-state index is 11.7. The summed E-state index contributed by atoms with van der Waals surface area (Å²) in [4.78, 5) is 13.4. The number of nitrogens with zero attached hydrogens (tertiary/aromatic N) is 1. The van der Waals surface area contributed by atoms with Crippen LogP contribution in [0.5, 0.6) is 0 Å². The minimum atomic E-state index is 0.00389. The van der Waals surface area contributed by atoms with E-state index >= 15 is 0 Å². The molecule has 1 amide bonds. The number of carbonyl (C=O) groups is 1. The van der Waals surface area contributed by atoms with Crippen molar-refractivity contribution in [1.29, 1.82) is 0 Å². The molecule has 0 radical (unpaired) electrons. The molecule has 3 rings (SSSR count). The number of hydrogen-bond donors (Lipinski definition) is 0. The molecule has 13 heavy (non-hydrogen) atoms. The Labute approximate surface area is 76.7 Å². The van der Waals surface area contributed by atoms with Gasteiger partial charge in [-0.25, -0.2) is 0 Å². The van der Waals surface area contributed by atoms with Crippen molar-refractivity contribution in [2.75, 3.05) is 7.05 Å². The molecule has 68 valence electrons. The average Bonchev–Trinajstić information content (AvgIpc) is 2.76. The van der Waals surface area contributed by atoms with E-state index in [1.165, 1.54) is 0 Å². The van der Waals surface area contributed by atoms with Crippen LogP contribution in [0.1, 0.15) is 0 Å². The molecule has 4 unspecified atom stereocenters. The highest BCUT2D eigenvalue weighted by molar-refractivity contribution is 5.86. The zero-order valence-corrected chi connectivity index (χ0v) is 7.43. The number of fused-ring (bicyclic) bond motifs is 5. The van der Waals surface area contributed by atoms with Crippen LogP contribution in [-0.2, 0) is 9.53 Å². The van der Waals surface area contributed by atoms with Crippen molar-refractivity contribution in [3.05, 3.63) is 24.4 Å². The van der Waals surface area contributed by atoms with E-state index < -0.39 is 0 Å². The highest BCUT2D eigenvalue weighted by Gasteiger charge is 2.56. The number of carbonyl (C=O) groups excluding carboxylic acids is 1. The Balaban J connectivity index is 2.08. The molecule has 0 saturated carbocycles. The molecule has 4 atom stereocenters. The van der Waals surface area contributed by atoms with Crippen LogP contribution >= 0.6 is 0 Å². The van der Waals surface area contributed by atoms with Gasteiger partial charge in [0.2, 0.25) is 5.91 Å². The lowest BCUT2D eigenvalue weighted by Crippen LogP contribution is -2.27. The topological polar surface area (TPSA) is 29.5 Å². The van der Waals surface area contributed by atoms with Crippen LogP contribution in [-0.4, -0.2) is 30.1 Å². The molecule has 3 heterocycles. The Morgan fingerprint density at radius 3 is 2.62 bits per heavy atom. The molecule has 0 spiro atoms. The molecule has 3 aliphatic rings. The van der Waals surface area contributed by atoms with Crippen molar-refractivity contribution < 1.29 is 9.53 Å². The van der Waals surface area contributed by atoms with E-state index in [-0.39, 0.29) is 30.0 Å². The Hall–Kier alpha value is -1.09. The van der Waals surface area contributed by atoms with Crippen molar-refractivity contribution in [2.45, 2.75) is 12.2 Å². The summed E-state index contributed by atoms with van der Waals surface area (Å²) in [7, 11) is 1.79. The first-order valence-corrected chi connectivity index (χ1v) is 4.50. The summed E-state index contributed by atoms with van der Waals surface area (Å²) >= 11 is 0. The Bertz CT molecular complexity index is 304. The lowest BCUT2D eigenvalue weighted by Gasteiger charge is -2.15. The second-order valence-corrected chi connectivity index (χ2v) is 3.89. The van der Waals surface area contributed by atoms with Crippen LogP contribution in [0.15, 0.2) is 24.4 Å². The predicted octanol–water partition coefficient (Wildman–Crippen LogP) is 0.542. The Morgan fingerprint density at radius 2 is 2.00 bits per heavy atom. The van der Waals surface area contributed by atoms with Gasteiger partial charge < -0.3 is 9.64 Å². The van der Waals surface area contributed by atoms with Gasteiger partial charge in [-0.2, -0.15) is 0 Å². The largest absolute Gasteiger partial charge is 0.365 e. The molecule has 2 fully saturated rings. The summed E-state index contributed by atoms with van der Waals surface area (Å²) in [6.45, 7) is 3.94. The van der Waals surface area contributed by atoms with Crippen molar-refractivity contribution in [3.63, 3.8) is 0 Å². The first kappa shape index (κ1) is 7.33. The summed E-state index contributed by atoms with van der Waals surface area (Å²) in [6, 6.07) is 0. The highest BCUT2D eigenvalue weighted by atomic mass is 16.5. The molecule has 0 N–H and O–H groups in total. The van der Waals surface area contributed by atoms with E-state index in [1.807, 2.05) is 12.2 Å². The summed E-state index contributed by atoms with van der Waals surface area (Å²) < 4.78 is 5.61. The van der Waals surface area contributed by atoms with Crippen molar-refractivity contribution in [2.24, 2.45) is 11.8 Å². The second-order valence-electron chi connectivity index (χ2n) is 3.89. The predicted molar refractivity (Wildman–Crippen MR) is 46.7 cm³/mol. The van der Waals surface area contributed by atoms with Crippen LogP contribution in [0.2, 0.25) is 0 Å². The lowest BCUT2D eigenvalue weighted by atomic mass is 9.84. The third kappa shape index (κ3) is 0.672. The molecule has 2 bridgehead atoms. The van der Waals surface area contributed by atoms with E-state index in [2.05, 4.69) is 6.58 Å². The molecular weight excluding hydrogens is 166 g/mol. The van der Waals surface area contributed by atoms with Gasteiger partial charge in [0.25, 0.3) is 0 Å². The van der Waals surface area contributed by atoms with Crippen LogP contribution in [0.4, 0.5) is 0 Å². The minimum absolute atomic E-state index is 0.00389. The molecule has 0 aliphatic carbocycles. The average molecular weight is 177 g/mol. The van der Waals surface area contributed by atoms with E-state index in [9.17, 15) is 4.79 Å². The molecule has 2 saturated heterocycles. The van der Waals surface area contributed by atoms with Gasteiger partial charge in [-0.05, 0) is 0 Å². The third-order valence-corrected chi connectivity index (χ3v) is 3.33. The molecule has 3 nitrogen and oxygen atoms in total. The van der Waals surface area contributed by atoms with Crippen molar-refractivity contribution in [1.82, 2.24) is 4.90 Å². The van der Waals surface area contributed by atoms with E-state index in [1.54, 1.807) is 11.9 Å². The molecule has 0 aromatic carbocycles.